The summed E-state index contributed by atoms with van der Waals surface area (Å²) in [5.41, 5.74) is 1.22. The van der Waals surface area contributed by atoms with E-state index in [0.29, 0.717) is 6.04 Å². The highest BCUT2D eigenvalue weighted by molar-refractivity contribution is 5.31. The molecule has 0 aliphatic rings. The summed E-state index contributed by atoms with van der Waals surface area (Å²) < 4.78 is 6.06. The average molecular weight is 263 g/mol. The third-order valence-corrected chi connectivity index (χ3v) is 3.56. The summed E-state index contributed by atoms with van der Waals surface area (Å²) in [5.74, 6) is 0.973. The normalized spacial score (nSPS) is 13.3. The van der Waals surface area contributed by atoms with Crippen LogP contribution in [-0.4, -0.2) is 12.1 Å². The first kappa shape index (κ1) is 16.0. The summed E-state index contributed by atoms with van der Waals surface area (Å²) in [6.07, 6.45) is 3.26. The van der Waals surface area contributed by atoms with Gasteiger partial charge in [0.05, 0.1) is 0 Å². The minimum Gasteiger partial charge on any atom is -0.488 e. The van der Waals surface area contributed by atoms with Crippen LogP contribution in [0.5, 0.6) is 5.75 Å². The van der Waals surface area contributed by atoms with E-state index in [1.54, 1.807) is 0 Å². The van der Waals surface area contributed by atoms with Crippen LogP contribution in [0.3, 0.4) is 0 Å². The Morgan fingerprint density at radius 1 is 1.21 bits per heavy atom. The van der Waals surface area contributed by atoms with Crippen LogP contribution in [0.4, 0.5) is 0 Å². The van der Waals surface area contributed by atoms with Gasteiger partial charge < -0.3 is 10.1 Å². The molecule has 19 heavy (non-hydrogen) atoms. The third kappa shape index (κ3) is 5.23. The maximum Gasteiger partial charge on any atom is 0.120 e. The lowest BCUT2D eigenvalue weighted by Crippen LogP contribution is -2.27. The van der Waals surface area contributed by atoms with Gasteiger partial charge in [0, 0.05) is 6.04 Å². The highest BCUT2D eigenvalue weighted by Gasteiger charge is 2.17. The Balaban J connectivity index is 2.80. The summed E-state index contributed by atoms with van der Waals surface area (Å²) in [5, 5.41) is 3.58. The Morgan fingerprint density at radius 3 is 2.53 bits per heavy atom. The van der Waals surface area contributed by atoms with E-state index in [0.717, 1.165) is 31.6 Å². The lowest BCUT2D eigenvalue weighted by atomic mass is 10.0. The van der Waals surface area contributed by atoms with E-state index >= 15 is 0 Å². The molecule has 0 amide bonds. The molecule has 0 saturated heterocycles. The summed E-state index contributed by atoms with van der Waals surface area (Å²) in [6.45, 7) is 11.9. The fourth-order valence-corrected chi connectivity index (χ4v) is 2.00. The summed E-state index contributed by atoms with van der Waals surface area (Å²) in [4.78, 5) is 0. The van der Waals surface area contributed by atoms with Gasteiger partial charge in [0.2, 0.25) is 0 Å². The van der Waals surface area contributed by atoms with Crippen LogP contribution in [0.25, 0.3) is 0 Å². The molecule has 0 saturated carbocycles. The van der Waals surface area contributed by atoms with Crippen LogP contribution in [0.1, 0.15) is 65.5 Å². The monoisotopic (exact) mass is 263 g/mol. The zero-order chi connectivity index (χ0) is 14.3. The molecular formula is C17H29NO. The Bertz CT molecular complexity index is 373. The van der Waals surface area contributed by atoms with Crippen LogP contribution in [0, 0.1) is 0 Å². The molecular weight excluding hydrogens is 234 g/mol. The van der Waals surface area contributed by atoms with E-state index in [2.05, 4.69) is 58.1 Å². The van der Waals surface area contributed by atoms with Crippen molar-refractivity contribution in [2.75, 3.05) is 6.54 Å². The highest BCUT2D eigenvalue weighted by atomic mass is 16.5. The summed E-state index contributed by atoms with van der Waals surface area (Å²) in [7, 11) is 0. The first-order valence-electron chi connectivity index (χ1n) is 7.54. The molecule has 1 aromatic rings. The van der Waals surface area contributed by atoms with Crippen LogP contribution < -0.4 is 10.1 Å². The number of rotatable bonds is 8. The molecule has 0 bridgehead atoms. The second-order valence-electron chi connectivity index (χ2n) is 5.70. The number of hydrogen-bond donors (Lipinski definition) is 1. The van der Waals surface area contributed by atoms with Crippen molar-refractivity contribution in [3.05, 3.63) is 29.8 Å². The van der Waals surface area contributed by atoms with Crippen LogP contribution >= 0.6 is 0 Å². The first-order valence-corrected chi connectivity index (χ1v) is 7.54. The minimum absolute atomic E-state index is 0.100. The van der Waals surface area contributed by atoms with E-state index in [1.165, 1.54) is 5.56 Å². The van der Waals surface area contributed by atoms with Crippen molar-refractivity contribution in [3.8, 4) is 5.75 Å². The van der Waals surface area contributed by atoms with Crippen molar-refractivity contribution in [2.45, 2.75) is 65.5 Å². The molecule has 1 aromatic carbocycles. The van der Waals surface area contributed by atoms with Crippen LogP contribution in [0.15, 0.2) is 24.3 Å². The molecule has 2 nitrogen and oxygen atoms in total. The topological polar surface area (TPSA) is 21.3 Å². The predicted octanol–water partition coefficient (Wildman–Crippen LogP) is 4.70. The van der Waals surface area contributed by atoms with E-state index in [-0.39, 0.29) is 5.60 Å². The first-order chi connectivity index (χ1) is 9.02. The maximum atomic E-state index is 6.06. The molecule has 2 heteroatoms. The summed E-state index contributed by atoms with van der Waals surface area (Å²) in [6, 6.07) is 8.92. The van der Waals surface area contributed by atoms with Crippen molar-refractivity contribution in [2.24, 2.45) is 0 Å². The van der Waals surface area contributed by atoms with E-state index in [9.17, 15) is 0 Å². The second kappa shape index (κ2) is 7.54. The Hall–Kier alpha value is -1.02. The van der Waals surface area contributed by atoms with Gasteiger partial charge in [-0.3, -0.25) is 0 Å². The van der Waals surface area contributed by atoms with Gasteiger partial charge in [0.25, 0.3) is 0 Å². The number of ether oxygens (including phenoxy) is 1. The Labute approximate surface area is 118 Å². The zero-order valence-corrected chi connectivity index (χ0v) is 13.1. The Morgan fingerprint density at radius 2 is 1.95 bits per heavy atom. The van der Waals surface area contributed by atoms with E-state index in [1.807, 2.05) is 6.07 Å². The molecule has 1 unspecified atom stereocenters. The summed E-state index contributed by atoms with van der Waals surface area (Å²) >= 11 is 0. The average Bonchev–Trinajstić information content (AvgIpc) is 2.39. The van der Waals surface area contributed by atoms with Crippen LogP contribution in [-0.2, 0) is 0 Å². The molecule has 108 valence electrons. The van der Waals surface area contributed by atoms with Gasteiger partial charge in [-0.1, -0.05) is 32.9 Å². The molecule has 0 heterocycles. The zero-order valence-electron chi connectivity index (χ0n) is 13.1. The van der Waals surface area contributed by atoms with Gasteiger partial charge in [-0.05, 0) is 57.4 Å². The largest absolute Gasteiger partial charge is 0.488 e. The van der Waals surface area contributed by atoms with Crippen LogP contribution in [0.2, 0.25) is 0 Å². The standard InChI is InChI=1S/C17H29NO/c1-6-12-18-16(7-2)14-10-9-11-15(13-14)19-17(4,5)8-3/h9-11,13,16,18H,6-8,12H2,1-5H3. The van der Waals surface area contributed by atoms with E-state index < -0.39 is 0 Å². The van der Waals surface area contributed by atoms with Gasteiger partial charge in [-0.15, -0.1) is 0 Å². The lowest BCUT2D eigenvalue weighted by Gasteiger charge is -2.26. The number of benzene rings is 1. The third-order valence-electron chi connectivity index (χ3n) is 3.56. The molecule has 0 aliphatic heterocycles. The number of nitrogens with one attached hydrogen (secondary N) is 1. The fraction of sp³-hybridized carbons (Fsp3) is 0.647. The maximum absolute atomic E-state index is 6.06. The fourth-order valence-electron chi connectivity index (χ4n) is 2.00. The van der Waals surface area contributed by atoms with Gasteiger partial charge in [0.1, 0.15) is 11.4 Å². The number of hydrogen-bond acceptors (Lipinski definition) is 2. The molecule has 0 spiro atoms. The van der Waals surface area contributed by atoms with Gasteiger partial charge in [-0.25, -0.2) is 0 Å². The van der Waals surface area contributed by atoms with Gasteiger partial charge in [-0.2, -0.15) is 0 Å². The molecule has 1 rings (SSSR count). The van der Waals surface area contributed by atoms with Crippen molar-refractivity contribution >= 4 is 0 Å². The lowest BCUT2D eigenvalue weighted by molar-refractivity contribution is 0.105. The van der Waals surface area contributed by atoms with Crippen molar-refractivity contribution < 1.29 is 4.74 Å². The molecule has 0 aromatic heterocycles. The Kier molecular flexibility index (Phi) is 6.36. The van der Waals surface area contributed by atoms with Gasteiger partial charge >= 0.3 is 0 Å². The minimum atomic E-state index is -0.100. The van der Waals surface area contributed by atoms with Crippen molar-refractivity contribution in [1.29, 1.82) is 0 Å². The predicted molar refractivity (Wildman–Crippen MR) is 82.8 cm³/mol. The molecule has 0 fully saturated rings. The van der Waals surface area contributed by atoms with Crippen molar-refractivity contribution in [3.63, 3.8) is 0 Å². The molecule has 0 radical (unpaired) electrons. The highest BCUT2D eigenvalue weighted by Crippen LogP contribution is 2.25. The molecule has 1 N–H and O–H groups in total. The van der Waals surface area contributed by atoms with E-state index in [4.69, 9.17) is 4.74 Å². The quantitative estimate of drug-likeness (QED) is 0.733. The molecule has 0 aliphatic carbocycles. The second-order valence-corrected chi connectivity index (χ2v) is 5.70. The smallest absolute Gasteiger partial charge is 0.120 e. The van der Waals surface area contributed by atoms with Crippen molar-refractivity contribution in [1.82, 2.24) is 5.32 Å². The van der Waals surface area contributed by atoms with Gasteiger partial charge in [0.15, 0.2) is 0 Å². The molecule has 1 atom stereocenters. The SMILES string of the molecule is CCCNC(CC)c1cccc(OC(C)(C)CC)c1.